The van der Waals surface area contributed by atoms with Crippen molar-refractivity contribution in [3.63, 3.8) is 0 Å². The van der Waals surface area contributed by atoms with Crippen LogP contribution in [0.1, 0.15) is 36.1 Å². The standard InChI is InChI=1S/C16H19BrN2O/c1-3-15(14-7-13(17)4-5-16(14)20)19-10-12-6-11(2)8-18-9-12/h4-9,15,19-20H,3,10H2,1-2H3/t15-/m0/s1. The number of halogens is 1. The number of nitrogens with one attached hydrogen (secondary N) is 1. The molecule has 1 atom stereocenters. The molecule has 3 nitrogen and oxygen atoms in total. The number of benzene rings is 1. The molecule has 0 bridgehead atoms. The smallest absolute Gasteiger partial charge is 0.120 e. The van der Waals surface area contributed by atoms with Gasteiger partial charge in [-0.3, -0.25) is 4.98 Å². The van der Waals surface area contributed by atoms with E-state index in [1.54, 1.807) is 6.07 Å². The van der Waals surface area contributed by atoms with E-state index in [0.717, 1.165) is 34.1 Å². The lowest BCUT2D eigenvalue weighted by Crippen LogP contribution is -2.20. The highest BCUT2D eigenvalue weighted by Gasteiger charge is 2.13. The summed E-state index contributed by atoms with van der Waals surface area (Å²) in [7, 11) is 0. The van der Waals surface area contributed by atoms with Crippen molar-refractivity contribution in [1.82, 2.24) is 10.3 Å². The summed E-state index contributed by atoms with van der Waals surface area (Å²) in [5.41, 5.74) is 3.23. The van der Waals surface area contributed by atoms with Crippen LogP contribution < -0.4 is 5.32 Å². The van der Waals surface area contributed by atoms with Crippen LogP contribution >= 0.6 is 15.9 Å². The molecule has 2 rings (SSSR count). The summed E-state index contributed by atoms with van der Waals surface area (Å²) < 4.78 is 0.975. The number of hydrogen-bond acceptors (Lipinski definition) is 3. The van der Waals surface area contributed by atoms with Crippen molar-refractivity contribution >= 4 is 15.9 Å². The highest BCUT2D eigenvalue weighted by Crippen LogP contribution is 2.29. The van der Waals surface area contributed by atoms with Crippen LogP contribution in [0.15, 0.2) is 41.1 Å². The second kappa shape index (κ2) is 6.86. The maximum Gasteiger partial charge on any atom is 0.120 e. The zero-order valence-electron chi connectivity index (χ0n) is 11.7. The van der Waals surface area contributed by atoms with Gasteiger partial charge in [0, 0.05) is 35.0 Å². The van der Waals surface area contributed by atoms with Gasteiger partial charge in [0.1, 0.15) is 5.75 Å². The number of aryl methyl sites for hydroxylation is 1. The Morgan fingerprint density at radius 3 is 2.80 bits per heavy atom. The Hall–Kier alpha value is -1.39. The van der Waals surface area contributed by atoms with Crippen molar-refractivity contribution in [3.8, 4) is 5.75 Å². The minimum absolute atomic E-state index is 0.119. The van der Waals surface area contributed by atoms with Crippen molar-refractivity contribution in [2.45, 2.75) is 32.9 Å². The van der Waals surface area contributed by atoms with Crippen LogP contribution in [0.25, 0.3) is 0 Å². The number of aromatic nitrogens is 1. The molecular weight excluding hydrogens is 316 g/mol. The molecule has 1 aromatic heterocycles. The average molecular weight is 335 g/mol. The van der Waals surface area contributed by atoms with E-state index in [-0.39, 0.29) is 6.04 Å². The number of nitrogens with zero attached hydrogens (tertiary/aromatic N) is 1. The molecule has 0 fully saturated rings. The minimum atomic E-state index is 0.119. The van der Waals surface area contributed by atoms with E-state index < -0.39 is 0 Å². The molecule has 0 aliphatic carbocycles. The lowest BCUT2D eigenvalue weighted by molar-refractivity contribution is 0.440. The molecule has 1 aromatic carbocycles. The molecule has 2 aromatic rings. The minimum Gasteiger partial charge on any atom is -0.508 e. The number of phenolic OH excluding ortho intramolecular Hbond substituents is 1. The molecule has 1 heterocycles. The summed E-state index contributed by atoms with van der Waals surface area (Å²) in [6, 6.07) is 7.76. The van der Waals surface area contributed by atoms with E-state index >= 15 is 0 Å². The van der Waals surface area contributed by atoms with Crippen LogP contribution in [-0.2, 0) is 6.54 Å². The monoisotopic (exact) mass is 334 g/mol. The molecule has 0 saturated carbocycles. The Kier molecular flexibility index (Phi) is 5.15. The molecule has 4 heteroatoms. The quantitative estimate of drug-likeness (QED) is 0.865. The fourth-order valence-electron chi connectivity index (χ4n) is 2.23. The van der Waals surface area contributed by atoms with E-state index in [0.29, 0.717) is 5.75 Å². The molecule has 106 valence electrons. The summed E-state index contributed by atoms with van der Waals surface area (Å²) in [4.78, 5) is 4.20. The zero-order valence-corrected chi connectivity index (χ0v) is 13.3. The first-order valence-electron chi connectivity index (χ1n) is 6.72. The molecule has 20 heavy (non-hydrogen) atoms. The van der Waals surface area contributed by atoms with Crippen LogP contribution in [-0.4, -0.2) is 10.1 Å². The summed E-state index contributed by atoms with van der Waals surface area (Å²) in [6.07, 6.45) is 4.62. The van der Waals surface area contributed by atoms with Crippen LogP contribution in [0.5, 0.6) is 5.75 Å². The second-order valence-corrected chi connectivity index (χ2v) is 5.83. The molecular formula is C16H19BrN2O. The lowest BCUT2D eigenvalue weighted by atomic mass is 10.0. The van der Waals surface area contributed by atoms with Gasteiger partial charge in [-0.25, -0.2) is 0 Å². The van der Waals surface area contributed by atoms with Crippen molar-refractivity contribution < 1.29 is 5.11 Å². The normalized spacial score (nSPS) is 12.3. The summed E-state index contributed by atoms with van der Waals surface area (Å²) in [6.45, 7) is 4.87. The number of phenols is 1. The SMILES string of the molecule is CC[C@H](NCc1cncc(C)c1)c1cc(Br)ccc1O. The van der Waals surface area contributed by atoms with Crippen LogP contribution in [0.4, 0.5) is 0 Å². The van der Waals surface area contributed by atoms with E-state index in [9.17, 15) is 5.11 Å². The maximum atomic E-state index is 10.0. The van der Waals surface area contributed by atoms with Gasteiger partial charge in [0.2, 0.25) is 0 Å². The first-order valence-corrected chi connectivity index (χ1v) is 7.51. The van der Waals surface area contributed by atoms with Gasteiger partial charge in [0.15, 0.2) is 0 Å². The fraction of sp³-hybridized carbons (Fsp3) is 0.312. The maximum absolute atomic E-state index is 10.0. The molecule has 0 unspecified atom stereocenters. The molecule has 0 amide bonds. The number of aromatic hydroxyl groups is 1. The molecule has 2 N–H and O–H groups in total. The van der Waals surface area contributed by atoms with Crippen LogP contribution in [0, 0.1) is 6.92 Å². The Morgan fingerprint density at radius 1 is 1.30 bits per heavy atom. The third kappa shape index (κ3) is 3.81. The summed E-state index contributed by atoms with van der Waals surface area (Å²) in [5.74, 6) is 0.329. The number of pyridine rings is 1. The van der Waals surface area contributed by atoms with Gasteiger partial charge < -0.3 is 10.4 Å². The van der Waals surface area contributed by atoms with Gasteiger partial charge in [0.25, 0.3) is 0 Å². The van der Waals surface area contributed by atoms with E-state index in [1.165, 1.54) is 0 Å². The Morgan fingerprint density at radius 2 is 2.10 bits per heavy atom. The Balaban J connectivity index is 2.11. The van der Waals surface area contributed by atoms with Gasteiger partial charge in [-0.1, -0.05) is 28.9 Å². The van der Waals surface area contributed by atoms with Crippen molar-refractivity contribution in [2.75, 3.05) is 0 Å². The Bertz CT molecular complexity index is 586. The highest BCUT2D eigenvalue weighted by molar-refractivity contribution is 9.10. The van der Waals surface area contributed by atoms with Gasteiger partial charge in [-0.2, -0.15) is 0 Å². The third-order valence-electron chi connectivity index (χ3n) is 3.26. The fourth-order valence-corrected chi connectivity index (χ4v) is 2.61. The molecule has 0 aliphatic heterocycles. The summed E-state index contributed by atoms with van der Waals surface area (Å²) in [5, 5.41) is 13.5. The van der Waals surface area contributed by atoms with Gasteiger partial charge in [-0.05, 0) is 42.7 Å². The number of rotatable bonds is 5. The predicted octanol–water partition coefficient (Wildman–Crippen LogP) is 4.10. The average Bonchev–Trinajstić information content (AvgIpc) is 2.43. The molecule has 0 spiro atoms. The lowest BCUT2D eigenvalue weighted by Gasteiger charge is -2.19. The topological polar surface area (TPSA) is 45.2 Å². The van der Waals surface area contributed by atoms with E-state index in [1.807, 2.05) is 31.5 Å². The Labute approximate surface area is 128 Å². The van der Waals surface area contributed by atoms with Crippen LogP contribution in [0.3, 0.4) is 0 Å². The van der Waals surface area contributed by atoms with Crippen LogP contribution in [0.2, 0.25) is 0 Å². The van der Waals surface area contributed by atoms with Crippen molar-refractivity contribution in [2.24, 2.45) is 0 Å². The zero-order chi connectivity index (χ0) is 14.5. The second-order valence-electron chi connectivity index (χ2n) is 4.92. The molecule has 0 radical (unpaired) electrons. The first-order chi connectivity index (χ1) is 9.60. The van der Waals surface area contributed by atoms with E-state index in [2.05, 4.69) is 39.2 Å². The van der Waals surface area contributed by atoms with Crippen molar-refractivity contribution in [1.29, 1.82) is 0 Å². The predicted molar refractivity (Wildman–Crippen MR) is 84.7 cm³/mol. The van der Waals surface area contributed by atoms with E-state index in [4.69, 9.17) is 0 Å². The third-order valence-corrected chi connectivity index (χ3v) is 3.75. The first kappa shape index (κ1) is 15.0. The molecule has 0 saturated heterocycles. The van der Waals surface area contributed by atoms with Gasteiger partial charge in [-0.15, -0.1) is 0 Å². The van der Waals surface area contributed by atoms with Gasteiger partial charge in [0.05, 0.1) is 0 Å². The highest BCUT2D eigenvalue weighted by atomic mass is 79.9. The number of hydrogen-bond donors (Lipinski definition) is 2. The largest absolute Gasteiger partial charge is 0.508 e. The van der Waals surface area contributed by atoms with Gasteiger partial charge >= 0.3 is 0 Å². The summed E-state index contributed by atoms with van der Waals surface area (Å²) >= 11 is 3.45. The van der Waals surface area contributed by atoms with Crippen molar-refractivity contribution in [3.05, 3.63) is 57.8 Å². The molecule has 0 aliphatic rings.